The van der Waals surface area contributed by atoms with Gasteiger partial charge in [-0.2, -0.15) is 0 Å². The number of anilines is 1. The third-order valence-electron chi connectivity index (χ3n) is 4.04. The second-order valence-electron chi connectivity index (χ2n) is 5.51. The molecule has 23 heavy (non-hydrogen) atoms. The van der Waals surface area contributed by atoms with E-state index in [0.29, 0.717) is 19.8 Å². The molecule has 3 heterocycles. The highest BCUT2D eigenvalue weighted by atomic mass is 16.7. The minimum atomic E-state index is -0.213. The third-order valence-corrected chi connectivity index (χ3v) is 4.04. The quantitative estimate of drug-likeness (QED) is 0.793. The number of likely N-dealkylation sites (N-methyl/N-ethyl adjacent to an activating group) is 1. The van der Waals surface area contributed by atoms with E-state index in [2.05, 4.69) is 15.0 Å². The van der Waals surface area contributed by atoms with Crippen molar-refractivity contribution < 1.29 is 14.2 Å². The van der Waals surface area contributed by atoms with Gasteiger partial charge in [-0.1, -0.05) is 0 Å². The summed E-state index contributed by atoms with van der Waals surface area (Å²) in [5, 5.41) is 1.05. The predicted molar refractivity (Wildman–Crippen MR) is 86.9 cm³/mol. The van der Waals surface area contributed by atoms with Crippen LogP contribution < -0.4 is 9.64 Å². The Balaban J connectivity index is 1.77. The van der Waals surface area contributed by atoms with Gasteiger partial charge in [0.2, 0.25) is 0 Å². The molecule has 0 bridgehead atoms. The van der Waals surface area contributed by atoms with Gasteiger partial charge in [-0.05, 0) is 12.1 Å². The summed E-state index contributed by atoms with van der Waals surface area (Å²) < 4.78 is 16.3. The first-order valence-electron chi connectivity index (χ1n) is 7.51. The Labute approximate surface area is 133 Å². The van der Waals surface area contributed by atoms with E-state index in [1.54, 1.807) is 13.4 Å². The summed E-state index contributed by atoms with van der Waals surface area (Å²) in [4.78, 5) is 14.3. The Morgan fingerprint density at radius 1 is 1.30 bits per heavy atom. The number of aromatic nitrogens is 3. The van der Waals surface area contributed by atoms with Crippen LogP contribution in [0.15, 0.2) is 24.5 Å². The molecule has 1 aliphatic heterocycles. The minimum absolute atomic E-state index is 0.213. The Kier molecular flexibility index (Phi) is 3.51. The molecule has 0 spiro atoms. The molecule has 1 fully saturated rings. The van der Waals surface area contributed by atoms with Crippen LogP contribution in [0.5, 0.6) is 5.75 Å². The normalized spacial score (nSPS) is 15.6. The summed E-state index contributed by atoms with van der Waals surface area (Å²) in [5.41, 5.74) is 2.77. The van der Waals surface area contributed by atoms with Crippen molar-refractivity contribution in [3.8, 4) is 5.75 Å². The molecular formula is C16H18N4O3. The molecule has 2 aromatic heterocycles. The van der Waals surface area contributed by atoms with Gasteiger partial charge in [0, 0.05) is 18.5 Å². The van der Waals surface area contributed by atoms with Gasteiger partial charge in [0.1, 0.15) is 23.1 Å². The van der Waals surface area contributed by atoms with E-state index in [-0.39, 0.29) is 6.29 Å². The van der Waals surface area contributed by atoms with E-state index in [1.165, 1.54) is 0 Å². The number of hydrogen-bond donors (Lipinski definition) is 1. The van der Waals surface area contributed by atoms with Crippen molar-refractivity contribution in [1.82, 2.24) is 15.0 Å². The molecule has 0 saturated carbocycles. The van der Waals surface area contributed by atoms with Crippen molar-refractivity contribution in [2.24, 2.45) is 0 Å². The van der Waals surface area contributed by atoms with E-state index in [1.807, 2.05) is 30.1 Å². The second-order valence-corrected chi connectivity index (χ2v) is 5.51. The van der Waals surface area contributed by atoms with Gasteiger partial charge in [-0.15, -0.1) is 0 Å². The first-order valence-corrected chi connectivity index (χ1v) is 7.51. The highest BCUT2D eigenvalue weighted by Crippen LogP contribution is 2.30. The van der Waals surface area contributed by atoms with E-state index in [0.717, 1.165) is 33.5 Å². The summed E-state index contributed by atoms with van der Waals surface area (Å²) in [5.74, 6) is 1.63. The van der Waals surface area contributed by atoms with Crippen LogP contribution in [-0.4, -0.2) is 55.2 Å². The predicted octanol–water partition coefficient (Wildman–Crippen LogP) is 1.93. The number of methoxy groups -OCH3 is 1. The summed E-state index contributed by atoms with van der Waals surface area (Å²) in [7, 11) is 3.63. The molecule has 0 aliphatic carbocycles. The molecule has 1 aliphatic rings. The average Bonchev–Trinajstić information content (AvgIpc) is 3.20. The Hall–Kier alpha value is -2.38. The number of aromatic amines is 1. The molecule has 0 atom stereocenters. The summed E-state index contributed by atoms with van der Waals surface area (Å²) >= 11 is 0. The van der Waals surface area contributed by atoms with Gasteiger partial charge in [0.05, 0.1) is 32.4 Å². The fraction of sp³-hybridized carbons (Fsp3) is 0.375. The van der Waals surface area contributed by atoms with Crippen molar-refractivity contribution in [3.63, 3.8) is 0 Å². The summed E-state index contributed by atoms with van der Waals surface area (Å²) in [6, 6.07) is 5.90. The van der Waals surface area contributed by atoms with E-state index < -0.39 is 0 Å². The highest BCUT2D eigenvalue weighted by molar-refractivity contribution is 6.08. The molecule has 0 amide bonds. The summed E-state index contributed by atoms with van der Waals surface area (Å²) in [6.45, 7) is 1.90. The SMILES string of the molecule is COc1ccc2c(c1)[nH]c1c(N(C)CC3OCCO3)ncnc12. The third kappa shape index (κ3) is 2.47. The van der Waals surface area contributed by atoms with E-state index >= 15 is 0 Å². The molecular weight excluding hydrogens is 296 g/mol. The lowest BCUT2D eigenvalue weighted by molar-refractivity contribution is -0.0336. The maximum atomic E-state index is 5.51. The Morgan fingerprint density at radius 3 is 2.91 bits per heavy atom. The smallest absolute Gasteiger partial charge is 0.175 e. The fourth-order valence-corrected chi connectivity index (χ4v) is 2.90. The Bertz CT molecular complexity index is 842. The number of benzene rings is 1. The molecule has 1 N–H and O–H groups in total. The molecule has 3 aromatic rings. The number of H-pyrrole nitrogens is 1. The minimum Gasteiger partial charge on any atom is -0.497 e. The number of nitrogens with zero attached hydrogens (tertiary/aromatic N) is 3. The molecule has 1 aromatic carbocycles. The van der Waals surface area contributed by atoms with E-state index in [4.69, 9.17) is 14.2 Å². The molecule has 7 nitrogen and oxygen atoms in total. The molecule has 0 radical (unpaired) electrons. The number of fused-ring (bicyclic) bond motifs is 3. The van der Waals surface area contributed by atoms with Gasteiger partial charge >= 0.3 is 0 Å². The largest absolute Gasteiger partial charge is 0.497 e. The zero-order chi connectivity index (χ0) is 15.8. The van der Waals surface area contributed by atoms with Gasteiger partial charge in [0.15, 0.2) is 12.1 Å². The number of hydrogen-bond acceptors (Lipinski definition) is 6. The van der Waals surface area contributed by atoms with Crippen molar-refractivity contribution >= 4 is 27.8 Å². The fourth-order valence-electron chi connectivity index (χ4n) is 2.90. The Morgan fingerprint density at radius 2 is 2.13 bits per heavy atom. The standard InChI is InChI=1S/C16H18N4O3/c1-20(8-13-22-5-6-23-13)16-15-14(17-9-18-16)11-4-3-10(21-2)7-12(11)19-15/h3-4,7,9,13,19H,5-6,8H2,1-2H3. The molecule has 7 heteroatoms. The van der Waals surface area contributed by atoms with Crippen molar-refractivity contribution in [3.05, 3.63) is 24.5 Å². The number of rotatable bonds is 4. The van der Waals surface area contributed by atoms with Gasteiger partial charge < -0.3 is 24.1 Å². The maximum absolute atomic E-state index is 5.51. The lowest BCUT2D eigenvalue weighted by atomic mass is 10.2. The van der Waals surface area contributed by atoms with Crippen LogP contribution in [0, 0.1) is 0 Å². The zero-order valence-corrected chi connectivity index (χ0v) is 13.1. The maximum Gasteiger partial charge on any atom is 0.175 e. The number of ether oxygens (including phenoxy) is 3. The van der Waals surface area contributed by atoms with Crippen molar-refractivity contribution in [1.29, 1.82) is 0 Å². The topological polar surface area (TPSA) is 72.5 Å². The first-order chi connectivity index (χ1) is 11.3. The van der Waals surface area contributed by atoms with Crippen molar-refractivity contribution in [2.75, 3.05) is 38.8 Å². The first kappa shape index (κ1) is 14.2. The van der Waals surface area contributed by atoms with Crippen LogP contribution in [0.2, 0.25) is 0 Å². The summed E-state index contributed by atoms with van der Waals surface area (Å²) in [6.07, 6.45) is 1.37. The van der Waals surface area contributed by atoms with Gasteiger partial charge in [-0.3, -0.25) is 0 Å². The highest BCUT2D eigenvalue weighted by Gasteiger charge is 2.21. The van der Waals surface area contributed by atoms with Gasteiger partial charge in [-0.25, -0.2) is 9.97 Å². The second kappa shape index (κ2) is 5.68. The average molecular weight is 314 g/mol. The van der Waals surface area contributed by atoms with Crippen LogP contribution in [-0.2, 0) is 9.47 Å². The van der Waals surface area contributed by atoms with Gasteiger partial charge in [0.25, 0.3) is 0 Å². The molecule has 120 valence electrons. The number of nitrogens with one attached hydrogen (secondary N) is 1. The van der Waals surface area contributed by atoms with Crippen LogP contribution in [0.25, 0.3) is 21.9 Å². The molecule has 0 unspecified atom stereocenters. The monoisotopic (exact) mass is 314 g/mol. The molecule has 4 rings (SSSR count). The van der Waals surface area contributed by atoms with E-state index in [9.17, 15) is 0 Å². The van der Waals surface area contributed by atoms with Crippen LogP contribution in [0.1, 0.15) is 0 Å². The van der Waals surface area contributed by atoms with Crippen LogP contribution in [0.4, 0.5) is 5.82 Å². The lowest BCUT2D eigenvalue weighted by Gasteiger charge is -2.21. The molecule has 1 saturated heterocycles. The lowest BCUT2D eigenvalue weighted by Crippen LogP contribution is -2.30. The van der Waals surface area contributed by atoms with Crippen LogP contribution >= 0.6 is 0 Å². The zero-order valence-electron chi connectivity index (χ0n) is 13.1. The van der Waals surface area contributed by atoms with Crippen molar-refractivity contribution in [2.45, 2.75) is 6.29 Å². The van der Waals surface area contributed by atoms with Crippen LogP contribution in [0.3, 0.4) is 0 Å².